The SMILES string of the molecule is CC(C)(C)ONCc1ccc(N2CCCC2)cc1. The van der Waals surface area contributed by atoms with Gasteiger partial charge in [-0.3, -0.25) is 4.84 Å². The van der Waals surface area contributed by atoms with Crippen LogP contribution in [0.1, 0.15) is 39.2 Å². The van der Waals surface area contributed by atoms with Crippen LogP contribution in [0, 0.1) is 0 Å². The Balaban J connectivity index is 1.84. The Bertz CT molecular complexity index is 361. The maximum Gasteiger partial charge on any atom is 0.0813 e. The summed E-state index contributed by atoms with van der Waals surface area (Å²) in [7, 11) is 0. The van der Waals surface area contributed by atoms with Crippen molar-refractivity contribution in [3.8, 4) is 0 Å². The van der Waals surface area contributed by atoms with E-state index < -0.39 is 0 Å². The summed E-state index contributed by atoms with van der Waals surface area (Å²) >= 11 is 0. The summed E-state index contributed by atoms with van der Waals surface area (Å²) in [6.45, 7) is 9.26. The molecule has 1 N–H and O–H groups in total. The fraction of sp³-hybridized carbons (Fsp3) is 0.600. The lowest BCUT2D eigenvalue weighted by Gasteiger charge is -2.20. The van der Waals surface area contributed by atoms with Gasteiger partial charge in [0.15, 0.2) is 0 Å². The molecule has 0 aromatic heterocycles. The third kappa shape index (κ3) is 4.00. The number of rotatable bonds is 4. The van der Waals surface area contributed by atoms with Crippen LogP contribution in [0.15, 0.2) is 24.3 Å². The second kappa shape index (κ2) is 5.72. The van der Waals surface area contributed by atoms with Crippen LogP contribution in [0.2, 0.25) is 0 Å². The standard InChI is InChI=1S/C15H24N2O/c1-15(2,3)18-16-12-13-6-8-14(9-7-13)17-10-4-5-11-17/h6-9,16H,4-5,10-12H2,1-3H3. The first-order valence-corrected chi connectivity index (χ1v) is 6.79. The molecule has 1 aromatic rings. The Hall–Kier alpha value is -1.06. The predicted molar refractivity (Wildman–Crippen MR) is 75.6 cm³/mol. The van der Waals surface area contributed by atoms with Crippen LogP contribution in [0.4, 0.5) is 5.69 Å². The molecule has 3 nitrogen and oxygen atoms in total. The minimum Gasteiger partial charge on any atom is -0.372 e. The third-order valence-electron chi connectivity index (χ3n) is 3.06. The molecule has 1 heterocycles. The summed E-state index contributed by atoms with van der Waals surface area (Å²) in [5.41, 5.74) is 5.47. The van der Waals surface area contributed by atoms with Crippen molar-refractivity contribution in [3.05, 3.63) is 29.8 Å². The highest BCUT2D eigenvalue weighted by atomic mass is 16.7. The lowest BCUT2D eigenvalue weighted by molar-refractivity contribution is -0.0757. The van der Waals surface area contributed by atoms with E-state index in [4.69, 9.17) is 4.84 Å². The van der Waals surface area contributed by atoms with Crippen LogP contribution in [0.25, 0.3) is 0 Å². The van der Waals surface area contributed by atoms with Gasteiger partial charge in [0.2, 0.25) is 0 Å². The van der Waals surface area contributed by atoms with Crippen molar-refractivity contribution < 1.29 is 4.84 Å². The van der Waals surface area contributed by atoms with Crippen molar-refractivity contribution in [1.29, 1.82) is 0 Å². The number of nitrogens with zero attached hydrogens (tertiary/aromatic N) is 1. The molecule has 1 aliphatic rings. The minimum absolute atomic E-state index is 0.143. The molecule has 3 heteroatoms. The van der Waals surface area contributed by atoms with E-state index in [9.17, 15) is 0 Å². The van der Waals surface area contributed by atoms with Crippen molar-refractivity contribution in [3.63, 3.8) is 0 Å². The van der Waals surface area contributed by atoms with E-state index in [1.807, 2.05) is 20.8 Å². The predicted octanol–water partition coefficient (Wildman–Crippen LogP) is 3.11. The molecule has 0 unspecified atom stereocenters. The molecule has 100 valence electrons. The van der Waals surface area contributed by atoms with E-state index >= 15 is 0 Å². The molecule has 0 atom stereocenters. The van der Waals surface area contributed by atoms with Crippen LogP contribution in [0.3, 0.4) is 0 Å². The van der Waals surface area contributed by atoms with Crippen LogP contribution in [0.5, 0.6) is 0 Å². The molecule has 0 amide bonds. The van der Waals surface area contributed by atoms with Gasteiger partial charge in [-0.1, -0.05) is 12.1 Å². The summed E-state index contributed by atoms with van der Waals surface area (Å²) in [6, 6.07) is 8.76. The fourth-order valence-corrected chi connectivity index (χ4v) is 2.14. The first-order valence-electron chi connectivity index (χ1n) is 6.79. The average Bonchev–Trinajstić information content (AvgIpc) is 2.82. The summed E-state index contributed by atoms with van der Waals surface area (Å²) in [6.07, 6.45) is 2.64. The van der Waals surface area contributed by atoms with Gasteiger partial charge in [0.05, 0.1) is 5.60 Å². The Morgan fingerprint density at radius 2 is 1.72 bits per heavy atom. The molecule has 0 bridgehead atoms. The maximum absolute atomic E-state index is 5.50. The van der Waals surface area contributed by atoms with Crippen LogP contribution in [-0.2, 0) is 11.4 Å². The highest BCUT2D eigenvalue weighted by Crippen LogP contribution is 2.20. The number of anilines is 1. The normalized spacial score (nSPS) is 16.3. The maximum atomic E-state index is 5.50. The molecule has 0 aliphatic carbocycles. The van der Waals surface area contributed by atoms with E-state index in [0.717, 1.165) is 6.54 Å². The minimum atomic E-state index is -0.143. The Morgan fingerprint density at radius 3 is 2.28 bits per heavy atom. The number of hydrogen-bond donors (Lipinski definition) is 1. The Labute approximate surface area is 110 Å². The topological polar surface area (TPSA) is 24.5 Å². The molecule has 1 aromatic carbocycles. The highest BCUT2D eigenvalue weighted by Gasteiger charge is 2.12. The quantitative estimate of drug-likeness (QED) is 0.829. The van der Waals surface area contributed by atoms with Gasteiger partial charge in [-0.2, -0.15) is 5.48 Å². The van der Waals surface area contributed by atoms with Crippen molar-refractivity contribution >= 4 is 5.69 Å². The van der Waals surface area contributed by atoms with Gasteiger partial charge in [0, 0.05) is 25.3 Å². The summed E-state index contributed by atoms with van der Waals surface area (Å²) < 4.78 is 0. The number of benzene rings is 1. The van der Waals surface area contributed by atoms with Crippen LogP contribution in [-0.4, -0.2) is 18.7 Å². The van der Waals surface area contributed by atoms with Gasteiger partial charge in [-0.05, 0) is 51.3 Å². The van der Waals surface area contributed by atoms with Crippen molar-refractivity contribution in [2.75, 3.05) is 18.0 Å². The van der Waals surface area contributed by atoms with Gasteiger partial charge < -0.3 is 4.90 Å². The van der Waals surface area contributed by atoms with E-state index in [2.05, 4.69) is 34.6 Å². The van der Waals surface area contributed by atoms with Gasteiger partial charge in [0.25, 0.3) is 0 Å². The molecule has 1 saturated heterocycles. The van der Waals surface area contributed by atoms with Crippen LogP contribution >= 0.6 is 0 Å². The molecular weight excluding hydrogens is 224 g/mol. The zero-order valence-corrected chi connectivity index (χ0v) is 11.7. The second-order valence-electron chi connectivity index (χ2n) is 5.90. The third-order valence-corrected chi connectivity index (χ3v) is 3.06. The average molecular weight is 248 g/mol. The molecule has 1 aliphatic heterocycles. The van der Waals surface area contributed by atoms with Crippen molar-refractivity contribution in [1.82, 2.24) is 5.48 Å². The number of hydrogen-bond acceptors (Lipinski definition) is 3. The summed E-state index contributed by atoms with van der Waals surface area (Å²) in [4.78, 5) is 7.95. The largest absolute Gasteiger partial charge is 0.372 e. The summed E-state index contributed by atoms with van der Waals surface area (Å²) in [5.74, 6) is 0. The zero-order valence-electron chi connectivity index (χ0n) is 11.7. The van der Waals surface area contributed by atoms with E-state index in [1.165, 1.54) is 37.2 Å². The molecular formula is C15H24N2O. The van der Waals surface area contributed by atoms with Crippen molar-refractivity contribution in [2.45, 2.75) is 45.8 Å². The number of hydroxylamine groups is 1. The molecule has 1 fully saturated rings. The monoisotopic (exact) mass is 248 g/mol. The van der Waals surface area contributed by atoms with Gasteiger partial charge in [-0.25, -0.2) is 0 Å². The number of nitrogens with one attached hydrogen (secondary N) is 1. The highest BCUT2D eigenvalue weighted by molar-refractivity contribution is 5.48. The zero-order chi connectivity index (χ0) is 13.0. The molecule has 18 heavy (non-hydrogen) atoms. The van der Waals surface area contributed by atoms with Crippen LogP contribution < -0.4 is 10.4 Å². The summed E-state index contributed by atoms with van der Waals surface area (Å²) in [5, 5.41) is 0. The van der Waals surface area contributed by atoms with Gasteiger partial charge in [-0.15, -0.1) is 0 Å². The van der Waals surface area contributed by atoms with Gasteiger partial charge >= 0.3 is 0 Å². The van der Waals surface area contributed by atoms with E-state index in [1.54, 1.807) is 0 Å². The lowest BCUT2D eigenvalue weighted by Crippen LogP contribution is -2.28. The second-order valence-corrected chi connectivity index (χ2v) is 5.90. The molecule has 2 rings (SSSR count). The van der Waals surface area contributed by atoms with Gasteiger partial charge in [0.1, 0.15) is 0 Å². The molecule has 0 saturated carbocycles. The smallest absolute Gasteiger partial charge is 0.0813 e. The molecule has 0 spiro atoms. The van der Waals surface area contributed by atoms with E-state index in [-0.39, 0.29) is 5.60 Å². The van der Waals surface area contributed by atoms with Crippen molar-refractivity contribution in [2.24, 2.45) is 0 Å². The first kappa shape index (κ1) is 13.4. The Morgan fingerprint density at radius 1 is 1.11 bits per heavy atom. The van der Waals surface area contributed by atoms with E-state index in [0.29, 0.717) is 0 Å². The molecule has 0 radical (unpaired) electrons. The Kier molecular flexibility index (Phi) is 4.25. The lowest BCUT2D eigenvalue weighted by atomic mass is 10.2. The fourth-order valence-electron chi connectivity index (χ4n) is 2.14. The first-order chi connectivity index (χ1) is 8.54.